The minimum absolute atomic E-state index is 0.131. The number of rotatable bonds is 4. The number of carbonyl (C=O) groups is 1. The van der Waals surface area contributed by atoms with E-state index in [0.717, 1.165) is 11.8 Å². The Kier molecular flexibility index (Phi) is 4.73. The smallest absolute Gasteiger partial charge is 0.264 e. The first-order valence-electron chi connectivity index (χ1n) is 6.31. The minimum atomic E-state index is -3.62. The van der Waals surface area contributed by atoms with E-state index in [4.69, 9.17) is 16.3 Å². The molecule has 2 aromatic carbocycles. The summed E-state index contributed by atoms with van der Waals surface area (Å²) >= 11 is 6.07. The van der Waals surface area contributed by atoms with Gasteiger partial charge in [0, 0.05) is 5.56 Å². The monoisotopic (exact) mass is 339 g/mol. The first kappa shape index (κ1) is 16.3. The largest absolute Gasteiger partial charge is 0.456 e. The van der Waals surface area contributed by atoms with Gasteiger partial charge in [0.05, 0.1) is 11.3 Å². The van der Waals surface area contributed by atoms with Gasteiger partial charge in [0.25, 0.3) is 5.91 Å². The van der Waals surface area contributed by atoms with Crippen LogP contribution in [0.4, 0.5) is 0 Å². The molecule has 116 valence electrons. The summed E-state index contributed by atoms with van der Waals surface area (Å²) < 4.78 is 29.6. The highest BCUT2D eigenvalue weighted by atomic mass is 35.5. The molecular weight excluding hydrogens is 326 g/mol. The van der Waals surface area contributed by atoms with E-state index < -0.39 is 15.9 Å². The lowest BCUT2D eigenvalue weighted by Crippen LogP contribution is -2.29. The molecule has 5 nitrogen and oxygen atoms in total. The van der Waals surface area contributed by atoms with Gasteiger partial charge in [-0.05, 0) is 37.3 Å². The fourth-order valence-corrected chi connectivity index (χ4v) is 2.36. The molecule has 0 aliphatic rings. The summed E-state index contributed by atoms with van der Waals surface area (Å²) in [5, 5.41) is 0.210. The number of carbonyl (C=O) groups excluding carboxylic acids is 1. The Morgan fingerprint density at radius 2 is 1.77 bits per heavy atom. The average Bonchev–Trinajstić information content (AvgIpc) is 2.41. The number of ether oxygens (including phenoxy) is 1. The van der Waals surface area contributed by atoms with E-state index in [0.29, 0.717) is 11.5 Å². The third-order valence-corrected chi connectivity index (χ3v) is 3.57. The van der Waals surface area contributed by atoms with Crippen LogP contribution >= 0.6 is 11.6 Å². The fourth-order valence-electron chi connectivity index (χ4n) is 1.69. The second kappa shape index (κ2) is 6.37. The summed E-state index contributed by atoms with van der Waals surface area (Å²) in [5.74, 6) is 0.244. The van der Waals surface area contributed by atoms with Crippen molar-refractivity contribution >= 4 is 27.5 Å². The fraction of sp³-hybridized carbons (Fsp3) is 0.133. The second-order valence-electron chi connectivity index (χ2n) is 4.76. The van der Waals surface area contributed by atoms with Crippen molar-refractivity contribution in [2.45, 2.75) is 6.92 Å². The van der Waals surface area contributed by atoms with Crippen LogP contribution in [-0.2, 0) is 10.0 Å². The topological polar surface area (TPSA) is 72.5 Å². The first-order chi connectivity index (χ1) is 10.2. The number of hydrogen-bond acceptors (Lipinski definition) is 4. The second-order valence-corrected chi connectivity index (χ2v) is 6.92. The Bertz CT molecular complexity index is 801. The van der Waals surface area contributed by atoms with E-state index in [1.54, 1.807) is 12.1 Å². The lowest BCUT2D eigenvalue weighted by Gasteiger charge is -2.09. The third-order valence-electron chi connectivity index (χ3n) is 2.72. The normalized spacial score (nSPS) is 11.0. The summed E-state index contributed by atoms with van der Waals surface area (Å²) in [7, 11) is -3.62. The van der Waals surface area contributed by atoms with Crippen molar-refractivity contribution in [2.24, 2.45) is 0 Å². The number of halogens is 1. The van der Waals surface area contributed by atoms with Crippen molar-refractivity contribution in [3.63, 3.8) is 0 Å². The molecule has 0 bridgehead atoms. The molecule has 0 spiro atoms. The highest BCUT2D eigenvalue weighted by Gasteiger charge is 2.13. The zero-order valence-electron chi connectivity index (χ0n) is 12.0. The van der Waals surface area contributed by atoms with Gasteiger partial charge in [-0.25, -0.2) is 13.1 Å². The lowest BCUT2D eigenvalue weighted by molar-refractivity contribution is 0.0981. The SMILES string of the molecule is Cc1ccc(Oc2ccc(C(=O)NS(C)(=O)=O)cc2Cl)cc1. The number of benzene rings is 2. The maximum absolute atomic E-state index is 11.7. The van der Waals surface area contributed by atoms with Crippen LogP contribution < -0.4 is 9.46 Å². The van der Waals surface area contributed by atoms with Crippen LogP contribution in [0.15, 0.2) is 42.5 Å². The van der Waals surface area contributed by atoms with Crippen LogP contribution in [0.1, 0.15) is 15.9 Å². The molecule has 7 heteroatoms. The van der Waals surface area contributed by atoms with Gasteiger partial charge in [0.2, 0.25) is 10.0 Å². The zero-order chi connectivity index (χ0) is 16.3. The molecule has 0 aliphatic heterocycles. The summed E-state index contributed by atoms with van der Waals surface area (Å²) in [6.07, 6.45) is 0.904. The van der Waals surface area contributed by atoms with E-state index in [1.807, 2.05) is 23.8 Å². The van der Waals surface area contributed by atoms with Crippen molar-refractivity contribution in [2.75, 3.05) is 6.26 Å². The first-order valence-corrected chi connectivity index (χ1v) is 8.58. The summed E-state index contributed by atoms with van der Waals surface area (Å²) in [6.45, 7) is 1.96. The van der Waals surface area contributed by atoms with E-state index in [2.05, 4.69) is 0 Å². The van der Waals surface area contributed by atoms with Crippen molar-refractivity contribution in [3.8, 4) is 11.5 Å². The predicted octanol–water partition coefficient (Wildman–Crippen LogP) is 3.13. The Labute approximate surface area is 133 Å². The molecular formula is C15H14ClNO4S. The van der Waals surface area contributed by atoms with Crippen LogP contribution in [0.25, 0.3) is 0 Å². The Hall–Kier alpha value is -2.05. The maximum Gasteiger partial charge on any atom is 0.264 e. The molecule has 1 N–H and O–H groups in total. The van der Waals surface area contributed by atoms with Crippen molar-refractivity contribution in [1.82, 2.24) is 4.72 Å². The van der Waals surface area contributed by atoms with Gasteiger partial charge in [0.1, 0.15) is 11.5 Å². The van der Waals surface area contributed by atoms with E-state index in [-0.39, 0.29) is 10.6 Å². The van der Waals surface area contributed by atoms with Gasteiger partial charge in [0.15, 0.2) is 0 Å². The Balaban J connectivity index is 2.19. The Morgan fingerprint density at radius 1 is 1.14 bits per heavy atom. The number of aryl methyl sites for hydroxylation is 1. The molecule has 22 heavy (non-hydrogen) atoms. The highest BCUT2D eigenvalue weighted by molar-refractivity contribution is 7.89. The van der Waals surface area contributed by atoms with E-state index in [9.17, 15) is 13.2 Å². The standard InChI is InChI=1S/C15H14ClNO4S/c1-10-3-6-12(7-4-10)21-14-8-5-11(9-13(14)16)15(18)17-22(2,19)20/h3-9H,1-2H3,(H,17,18). The third kappa shape index (κ3) is 4.47. The molecule has 0 fully saturated rings. The van der Waals surface area contributed by atoms with Crippen LogP contribution in [-0.4, -0.2) is 20.6 Å². The van der Waals surface area contributed by atoms with Gasteiger partial charge < -0.3 is 4.74 Å². The van der Waals surface area contributed by atoms with Crippen LogP contribution in [0.3, 0.4) is 0 Å². The predicted molar refractivity (Wildman–Crippen MR) is 85.0 cm³/mol. The number of sulfonamides is 1. The van der Waals surface area contributed by atoms with Crippen LogP contribution in [0.5, 0.6) is 11.5 Å². The van der Waals surface area contributed by atoms with Gasteiger partial charge in [-0.15, -0.1) is 0 Å². The molecule has 1 amide bonds. The van der Waals surface area contributed by atoms with Gasteiger partial charge in [-0.3, -0.25) is 4.79 Å². The summed E-state index contributed by atoms with van der Waals surface area (Å²) in [5.41, 5.74) is 1.23. The number of amides is 1. The summed E-state index contributed by atoms with van der Waals surface area (Å²) in [6, 6.07) is 11.7. The number of hydrogen-bond donors (Lipinski definition) is 1. The molecule has 0 radical (unpaired) electrons. The molecule has 0 saturated carbocycles. The lowest BCUT2D eigenvalue weighted by atomic mass is 10.2. The van der Waals surface area contributed by atoms with Gasteiger partial charge in [-0.2, -0.15) is 0 Å². The number of nitrogens with one attached hydrogen (secondary N) is 1. The van der Waals surface area contributed by atoms with Gasteiger partial charge in [-0.1, -0.05) is 29.3 Å². The van der Waals surface area contributed by atoms with Gasteiger partial charge >= 0.3 is 0 Å². The molecule has 2 rings (SSSR count). The minimum Gasteiger partial charge on any atom is -0.456 e. The molecule has 0 atom stereocenters. The molecule has 0 aliphatic carbocycles. The van der Waals surface area contributed by atoms with Crippen molar-refractivity contribution in [3.05, 3.63) is 58.6 Å². The van der Waals surface area contributed by atoms with Crippen molar-refractivity contribution < 1.29 is 17.9 Å². The molecule has 2 aromatic rings. The summed E-state index contributed by atoms with van der Waals surface area (Å²) in [4.78, 5) is 11.7. The van der Waals surface area contributed by atoms with E-state index >= 15 is 0 Å². The average molecular weight is 340 g/mol. The molecule has 0 aromatic heterocycles. The van der Waals surface area contributed by atoms with Crippen LogP contribution in [0, 0.1) is 6.92 Å². The van der Waals surface area contributed by atoms with E-state index in [1.165, 1.54) is 18.2 Å². The molecule has 0 heterocycles. The quantitative estimate of drug-likeness (QED) is 0.928. The zero-order valence-corrected chi connectivity index (χ0v) is 13.5. The molecule has 0 saturated heterocycles. The van der Waals surface area contributed by atoms with Crippen LogP contribution in [0.2, 0.25) is 5.02 Å². The Morgan fingerprint density at radius 3 is 2.32 bits per heavy atom. The highest BCUT2D eigenvalue weighted by Crippen LogP contribution is 2.30. The maximum atomic E-state index is 11.7. The molecule has 0 unspecified atom stereocenters. The van der Waals surface area contributed by atoms with Crippen molar-refractivity contribution in [1.29, 1.82) is 0 Å².